The summed E-state index contributed by atoms with van der Waals surface area (Å²) in [4.78, 5) is 9.52. The maximum atomic E-state index is 9.52. The molecule has 42 valence electrons. The number of hydrogen-bond acceptors (Lipinski definition) is 3. The molecule has 0 aliphatic rings. The third-order valence-electron chi connectivity index (χ3n) is 0.266. The van der Waals surface area contributed by atoms with E-state index in [0.29, 0.717) is 0 Å². The maximum absolute atomic E-state index is 9.52. The summed E-state index contributed by atoms with van der Waals surface area (Å²) in [5.41, 5.74) is 0. The summed E-state index contributed by atoms with van der Waals surface area (Å²) in [6.07, 6.45) is 0. The molecule has 2 N–H and O–H groups in total. The highest BCUT2D eigenvalue weighted by Crippen LogP contribution is 1.82. The van der Waals surface area contributed by atoms with E-state index in [0.717, 1.165) is 0 Å². The standard InChI is InChI=1S/C2H4ClNO3/c3-4(7)1-2(5)6/h7H,1H2,(H,5,6). The number of halogens is 1. The van der Waals surface area contributed by atoms with E-state index in [9.17, 15) is 4.79 Å². The quantitative estimate of drug-likeness (QED) is 0.400. The van der Waals surface area contributed by atoms with Gasteiger partial charge in [0, 0.05) is 11.8 Å². The molecule has 0 bridgehead atoms. The highest BCUT2D eigenvalue weighted by Gasteiger charge is 1.99. The van der Waals surface area contributed by atoms with E-state index in [4.69, 9.17) is 10.3 Å². The summed E-state index contributed by atoms with van der Waals surface area (Å²) in [6.45, 7) is -0.568. The number of hydroxylamine groups is 1. The van der Waals surface area contributed by atoms with Gasteiger partial charge in [-0.05, 0) is 0 Å². The molecule has 0 aliphatic carbocycles. The summed E-state index contributed by atoms with van der Waals surface area (Å²) < 4.78 is 0.0718. The molecule has 0 rings (SSSR count). The van der Waals surface area contributed by atoms with Gasteiger partial charge in [-0.25, -0.2) is 0 Å². The number of aliphatic carboxylic acids is 1. The van der Waals surface area contributed by atoms with Crippen LogP contribution in [0.25, 0.3) is 0 Å². The van der Waals surface area contributed by atoms with Gasteiger partial charge in [0.1, 0.15) is 6.54 Å². The van der Waals surface area contributed by atoms with Crippen molar-refractivity contribution in [3.8, 4) is 0 Å². The fourth-order valence-electron chi connectivity index (χ4n) is 0.112. The van der Waals surface area contributed by atoms with Gasteiger partial charge >= 0.3 is 5.97 Å². The first kappa shape index (κ1) is 6.68. The van der Waals surface area contributed by atoms with Crippen LogP contribution in [0.2, 0.25) is 0 Å². The molecule has 0 unspecified atom stereocenters. The zero-order chi connectivity index (χ0) is 5.86. The predicted octanol–water partition coefficient (Wildman–Crippen LogP) is -0.0840. The fourth-order valence-corrected chi connectivity index (χ4v) is 0.214. The zero-order valence-electron chi connectivity index (χ0n) is 3.33. The first-order valence-electron chi connectivity index (χ1n) is 1.47. The first-order chi connectivity index (χ1) is 3.13. The molecule has 7 heavy (non-hydrogen) atoms. The van der Waals surface area contributed by atoms with Crippen LogP contribution in [0.4, 0.5) is 0 Å². The van der Waals surface area contributed by atoms with E-state index < -0.39 is 12.5 Å². The number of carbonyl (C=O) groups is 1. The molecule has 5 heteroatoms. The summed E-state index contributed by atoms with van der Waals surface area (Å²) in [6, 6.07) is 0. The molecule has 0 atom stereocenters. The molecule has 0 aliphatic heterocycles. The molecule has 0 saturated heterocycles. The Balaban J connectivity index is 3.13. The van der Waals surface area contributed by atoms with Crippen LogP contribution in [0.15, 0.2) is 0 Å². The Hall–Kier alpha value is -0.320. The molecule has 0 spiro atoms. The molecule has 0 fully saturated rings. The van der Waals surface area contributed by atoms with E-state index >= 15 is 0 Å². The van der Waals surface area contributed by atoms with Crippen LogP contribution in [0.5, 0.6) is 0 Å². The molecule has 0 aromatic carbocycles. The predicted molar refractivity (Wildman–Crippen MR) is 22.0 cm³/mol. The minimum Gasteiger partial charge on any atom is -0.480 e. The number of carboxylic acids is 1. The largest absolute Gasteiger partial charge is 0.480 e. The Morgan fingerprint density at radius 2 is 2.29 bits per heavy atom. The van der Waals surface area contributed by atoms with Crippen LogP contribution in [0.3, 0.4) is 0 Å². The normalized spacial score (nSPS) is 9.57. The average molecular weight is 126 g/mol. The highest BCUT2D eigenvalue weighted by molar-refractivity contribution is 6.13. The summed E-state index contributed by atoms with van der Waals surface area (Å²) in [7, 11) is 0. The van der Waals surface area contributed by atoms with Crippen LogP contribution in [0, 0.1) is 0 Å². The molecule has 0 aromatic rings. The second kappa shape index (κ2) is 2.79. The second-order valence-corrected chi connectivity index (χ2v) is 1.28. The van der Waals surface area contributed by atoms with E-state index in [-0.39, 0.29) is 4.58 Å². The van der Waals surface area contributed by atoms with Gasteiger partial charge in [-0.15, -0.1) is 0 Å². The van der Waals surface area contributed by atoms with Crippen molar-refractivity contribution in [3.05, 3.63) is 0 Å². The average Bonchev–Trinajstić information content (AvgIpc) is 1.27. The fraction of sp³-hybridized carbons (Fsp3) is 0.500. The third kappa shape index (κ3) is 5.68. The van der Waals surface area contributed by atoms with Crippen LogP contribution in [-0.4, -0.2) is 27.4 Å². The topological polar surface area (TPSA) is 60.8 Å². The van der Waals surface area contributed by atoms with Crippen molar-refractivity contribution in [3.63, 3.8) is 0 Å². The highest BCUT2D eigenvalue weighted by atomic mass is 35.5. The van der Waals surface area contributed by atoms with Crippen LogP contribution in [-0.2, 0) is 4.79 Å². The molecule has 4 nitrogen and oxygen atoms in total. The lowest BCUT2D eigenvalue weighted by atomic mass is 10.7. The van der Waals surface area contributed by atoms with E-state index in [1.165, 1.54) is 0 Å². The van der Waals surface area contributed by atoms with Crippen LogP contribution < -0.4 is 0 Å². The number of nitrogens with zero attached hydrogens (tertiary/aromatic N) is 1. The smallest absolute Gasteiger partial charge is 0.321 e. The molecule has 0 radical (unpaired) electrons. The maximum Gasteiger partial charge on any atom is 0.321 e. The molecule has 0 aromatic heterocycles. The third-order valence-corrected chi connectivity index (χ3v) is 0.385. The number of hydrogen-bond donors (Lipinski definition) is 2. The van der Waals surface area contributed by atoms with Gasteiger partial charge in [0.15, 0.2) is 0 Å². The van der Waals surface area contributed by atoms with Crippen molar-refractivity contribution in [2.75, 3.05) is 6.54 Å². The van der Waals surface area contributed by atoms with Crippen molar-refractivity contribution in [1.29, 1.82) is 0 Å². The van der Waals surface area contributed by atoms with Crippen molar-refractivity contribution in [2.45, 2.75) is 0 Å². The molecular formula is C2H4ClNO3. The van der Waals surface area contributed by atoms with Gasteiger partial charge in [-0.1, -0.05) is 4.58 Å². The van der Waals surface area contributed by atoms with E-state index in [1.807, 2.05) is 0 Å². The Bertz CT molecular complexity index is 73.3. The lowest BCUT2D eigenvalue weighted by molar-refractivity contribution is -0.142. The minimum absolute atomic E-state index is 0.0718. The number of rotatable bonds is 2. The van der Waals surface area contributed by atoms with Gasteiger partial charge in [-0.3, -0.25) is 10.0 Å². The van der Waals surface area contributed by atoms with Gasteiger partial charge in [0.25, 0.3) is 0 Å². The summed E-state index contributed by atoms with van der Waals surface area (Å²) in [5, 5.41) is 15.7. The van der Waals surface area contributed by atoms with E-state index in [2.05, 4.69) is 11.8 Å². The molecular weight excluding hydrogens is 121 g/mol. The molecule has 0 amide bonds. The second-order valence-electron chi connectivity index (χ2n) is 0.888. The number of carboxylic acid groups (broad SMARTS) is 1. The SMILES string of the molecule is O=C(O)CN(O)Cl. The van der Waals surface area contributed by atoms with Crippen molar-refractivity contribution >= 4 is 17.7 Å². The molecule has 0 saturated carbocycles. The molecule has 0 heterocycles. The lowest BCUT2D eigenvalue weighted by Gasteiger charge is -1.95. The van der Waals surface area contributed by atoms with Crippen molar-refractivity contribution in [1.82, 2.24) is 4.58 Å². The van der Waals surface area contributed by atoms with Crippen LogP contribution in [0.1, 0.15) is 0 Å². The monoisotopic (exact) mass is 125 g/mol. The Labute approximate surface area is 45.0 Å². The van der Waals surface area contributed by atoms with Gasteiger partial charge in [0.2, 0.25) is 0 Å². The Morgan fingerprint density at radius 1 is 1.86 bits per heavy atom. The van der Waals surface area contributed by atoms with E-state index in [1.54, 1.807) is 0 Å². The van der Waals surface area contributed by atoms with Crippen LogP contribution >= 0.6 is 11.8 Å². The lowest BCUT2D eigenvalue weighted by Crippen LogP contribution is -2.16. The first-order valence-corrected chi connectivity index (χ1v) is 1.80. The van der Waals surface area contributed by atoms with Crippen molar-refractivity contribution < 1.29 is 15.1 Å². The van der Waals surface area contributed by atoms with Gasteiger partial charge in [0.05, 0.1) is 0 Å². The summed E-state index contributed by atoms with van der Waals surface area (Å²) >= 11 is 4.68. The van der Waals surface area contributed by atoms with Gasteiger partial charge in [-0.2, -0.15) is 0 Å². The van der Waals surface area contributed by atoms with Crippen molar-refractivity contribution in [2.24, 2.45) is 0 Å². The zero-order valence-corrected chi connectivity index (χ0v) is 4.09. The minimum atomic E-state index is -1.17. The Kier molecular flexibility index (Phi) is 2.66. The van der Waals surface area contributed by atoms with Gasteiger partial charge < -0.3 is 5.11 Å². The summed E-state index contributed by atoms with van der Waals surface area (Å²) in [5.74, 6) is -1.17. The Morgan fingerprint density at radius 3 is 2.29 bits per heavy atom.